The van der Waals surface area contributed by atoms with Crippen LogP contribution in [0, 0.1) is 5.92 Å². The average Bonchev–Trinajstić information content (AvgIpc) is 2.68. The molecule has 1 aromatic rings. The van der Waals surface area contributed by atoms with E-state index in [9.17, 15) is 9.59 Å². The van der Waals surface area contributed by atoms with Crippen LogP contribution in [-0.2, 0) is 19.1 Å². The van der Waals surface area contributed by atoms with Gasteiger partial charge in [0.15, 0.2) is 6.10 Å². The molecular weight excluding hydrogens is 350 g/mol. The molecule has 1 aromatic carbocycles. The summed E-state index contributed by atoms with van der Waals surface area (Å²) in [6.45, 7) is 2.49. The van der Waals surface area contributed by atoms with Gasteiger partial charge in [-0.05, 0) is 44.5 Å². The van der Waals surface area contributed by atoms with E-state index in [1.54, 1.807) is 0 Å². The van der Waals surface area contributed by atoms with E-state index in [2.05, 4.69) is 22.6 Å². The number of hydrogen-bond acceptors (Lipinski definition) is 5. The normalized spacial score (nSPS) is 23.5. The number of amides is 2. The van der Waals surface area contributed by atoms with Crippen molar-refractivity contribution in [1.82, 2.24) is 15.5 Å². The van der Waals surface area contributed by atoms with E-state index in [0.29, 0.717) is 12.5 Å². The molecule has 0 spiro atoms. The van der Waals surface area contributed by atoms with Gasteiger partial charge in [0.2, 0.25) is 5.91 Å². The molecule has 3 rings (SSSR count). The van der Waals surface area contributed by atoms with Crippen LogP contribution >= 0.6 is 0 Å². The van der Waals surface area contributed by atoms with E-state index in [-0.39, 0.29) is 24.9 Å². The molecule has 8 nitrogen and oxygen atoms in total. The van der Waals surface area contributed by atoms with Crippen LogP contribution in [0.2, 0.25) is 0 Å². The third-order valence-corrected chi connectivity index (χ3v) is 4.83. The van der Waals surface area contributed by atoms with Gasteiger partial charge in [0, 0.05) is 6.54 Å². The lowest BCUT2D eigenvalue weighted by Crippen LogP contribution is -2.53. The number of ether oxygens (including phenoxy) is 1. The van der Waals surface area contributed by atoms with Crippen LogP contribution < -0.4 is 10.6 Å². The monoisotopic (exact) mass is 377 g/mol. The second-order valence-corrected chi connectivity index (χ2v) is 6.78. The predicted molar refractivity (Wildman–Crippen MR) is 99.0 cm³/mol. The van der Waals surface area contributed by atoms with E-state index >= 15 is 0 Å². The predicted octanol–water partition coefficient (Wildman–Crippen LogP) is 0.402. The summed E-state index contributed by atoms with van der Waals surface area (Å²) in [5.41, 5.74) is 0.880. The topological polar surface area (TPSA) is 108 Å². The minimum atomic E-state index is -0.684. The molecule has 0 aromatic heterocycles. The van der Waals surface area contributed by atoms with E-state index in [0.717, 1.165) is 31.5 Å². The van der Waals surface area contributed by atoms with Gasteiger partial charge >= 0.3 is 0 Å². The molecule has 0 unspecified atom stereocenters. The van der Waals surface area contributed by atoms with Crippen LogP contribution in [0.1, 0.15) is 24.4 Å². The number of hydrogen-bond donors (Lipinski definition) is 3. The van der Waals surface area contributed by atoms with E-state index in [1.807, 2.05) is 30.3 Å². The Hall–Kier alpha value is -2.45. The molecule has 2 aliphatic heterocycles. The molecule has 2 aliphatic rings. The van der Waals surface area contributed by atoms with Gasteiger partial charge in [-0.25, -0.2) is 0 Å². The summed E-state index contributed by atoms with van der Waals surface area (Å²) in [7, 11) is 2.12. The lowest BCUT2D eigenvalue weighted by molar-refractivity contribution is -0.148. The molecule has 0 bridgehead atoms. The van der Waals surface area contributed by atoms with Gasteiger partial charge in [0.05, 0.1) is 6.04 Å². The Morgan fingerprint density at radius 3 is 2.59 bits per heavy atom. The lowest BCUT2D eigenvalue weighted by atomic mass is 9.96. The maximum absolute atomic E-state index is 12.6. The lowest BCUT2D eigenvalue weighted by Gasteiger charge is -2.33. The highest BCUT2D eigenvalue weighted by Gasteiger charge is 2.36. The molecule has 2 heterocycles. The quantitative estimate of drug-likeness (QED) is 0.656. The number of benzene rings is 1. The van der Waals surface area contributed by atoms with Crippen molar-refractivity contribution in [3.63, 3.8) is 0 Å². The van der Waals surface area contributed by atoms with Crippen molar-refractivity contribution in [2.45, 2.75) is 25.0 Å². The Morgan fingerprint density at radius 2 is 1.96 bits per heavy atom. The second kappa shape index (κ2) is 10.6. The molecule has 0 aliphatic carbocycles. The third kappa shape index (κ3) is 6.33. The van der Waals surface area contributed by atoms with Crippen LogP contribution in [0.5, 0.6) is 0 Å². The number of likely N-dealkylation sites (tertiary alicyclic amines) is 1. The SMILES string of the molecule is CN1CCC(CNC(=O)[C@H]2OCC(=O)N[C@@H]2c2ccccc2)CC1.O=CO. The van der Waals surface area contributed by atoms with Crippen molar-refractivity contribution in [2.75, 3.05) is 33.3 Å². The highest BCUT2D eigenvalue weighted by atomic mass is 16.5. The van der Waals surface area contributed by atoms with Gasteiger partial charge in [0.1, 0.15) is 6.61 Å². The third-order valence-electron chi connectivity index (χ3n) is 4.83. The molecule has 0 radical (unpaired) electrons. The smallest absolute Gasteiger partial charge is 0.290 e. The zero-order valence-electron chi connectivity index (χ0n) is 15.5. The Bertz CT molecular complexity index is 617. The first-order valence-corrected chi connectivity index (χ1v) is 9.05. The molecule has 2 amide bonds. The summed E-state index contributed by atoms with van der Waals surface area (Å²) in [6, 6.07) is 9.05. The maximum Gasteiger partial charge on any atom is 0.290 e. The summed E-state index contributed by atoms with van der Waals surface area (Å²) in [5, 5.41) is 12.8. The largest absolute Gasteiger partial charge is 0.483 e. The first-order valence-electron chi connectivity index (χ1n) is 9.05. The Labute approximate surface area is 158 Å². The van der Waals surface area contributed by atoms with Crippen LogP contribution in [0.4, 0.5) is 0 Å². The van der Waals surface area contributed by atoms with E-state index < -0.39 is 12.1 Å². The van der Waals surface area contributed by atoms with Crippen molar-refractivity contribution >= 4 is 18.3 Å². The number of carbonyl (C=O) groups excluding carboxylic acids is 2. The van der Waals surface area contributed by atoms with Crippen molar-refractivity contribution in [3.8, 4) is 0 Å². The molecule has 2 fully saturated rings. The minimum absolute atomic E-state index is 0.0738. The van der Waals surface area contributed by atoms with Gasteiger partial charge < -0.3 is 25.4 Å². The Kier molecular flexibility index (Phi) is 8.22. The zero-order valence-corrected chi connectivity index (χ0v) is 15.5. The number of rotatable bonds is 4. The van der Waals surface area contributed by atoms with Gasteiger partial charge in [-0.15, -0.1) is 0 Å². The minimum Gasteiger partial charge on any atom is -0.483 e. The van der Waals surface area contributed by atoms with Crippen molar-refractivity contribution in [1.29, 1.82) is 0 Å². The molecule has 0 saturated carbocycles. The Morgan fingerprint density at radius 1 is 1.33 bits per heavy atom. The summed E-state index contributed by atoms with van der Waals surface area (Å²) in [4.78, 5) is 34.9. The van der Waals surface area contributed by atoms with Gasteiger partial charge in [0.25, 0.3) is 12.4 Å². The van der Waals surface area contributed by atoms with Crippen molar-refractivity contribution in [2.24, 2.45) is 5.92 Å². The van der Waals surface area contributed by atoms with Gasteiger partial charge in [-0.3, -0.25) is 14.4 Å². The number of carbonyl (C=O) groups is 3. The highest BCUT2D eigenvalue weighted by Crippen LogP contribution is 2.23. The van der Waals surface area contributed by atoms with Crippen LogP contribution in [0.3, 0.4) is 0 Å². The van der Waals surface area contributed by atoms with E-state index in [4.69, 9.17) is 14.6 Å². The van der Waals surface area contributed by atoms with Gasteiger partial charge in [-0.2, -0.15) is 0 Å². The highest BCUT2D eigenvalue weighted by molar-refractivity contribution is 5.86. The van der Waals surface area contributed by atoms with E-state index in [1.165, 1.54) is 0 Å². The summed E-state index contributed by atoms with van der Waals surface area (Å²) >= 11 is 0. The number of nitrogens with zero attached hydrogens (tertiary/aromatic N) is 1. The zero-order chi connectivity index (χ0) is 19.6. The van der Waals surface area contributed by atoms with Crippen molar-refractivity contribution < 1.29 is 24.2 Å². The molecule has 27 heavy (non-hydrogen) atoms. The second-order valence-electron chi connectivity index (χ2n) is 6.78. The van der Waals surface area contributed by atoms with Crippen LogP contribution in [0.15, 0.2) is 30.3 Å². The van der Waals surface area contributed by atoms with Crippen LogP contribution in [0.25, 0.3) is 0 Å². The summed E-state index contributed by atoms with van der Waals surface area (Å²) in [6.07, 6.45) is 1.51. The van der Waals surface area contributed by atoms with Crippen LogP contribution in [-0.4, -0.2) is 67.7 Å². The Balaban J connectivity index is 0.000000817. The summed E-state index contributed by atoms with van der Waals surface area (Å²) < 4.78 is 5.54. The maximum atomic E-state index is 12.6. The number of morpholine rings is 1. The summed E-state index contributed by atoms with van der Waals surface area (Å²) in [5.74, 6) is 0.171. The molecule has 2 saturated heterocycles. The first kappa shape index (κ1) is 20.9. The fourth-order valence-corrected chi connectivity index (χ4v) is 3.31. The first-order chi connectivity index (χ1) is 13.0. The molecule has 2 atom stereocenters. The fraction of sp³-hybridized carbons (Fsp3) is 0.526. The number of nitrogens with one attached hydrogen (secondary N) is 2. The van der Waals surface area contributed by atoms with Gasteiger partial charge in [-0.1, -0.05) is 30.3 Å². The fourth-order valence-electron chi connectivity index (χ4n) is 3.31. The standard InChI is InChI=1S/C18H25N3O3.CH2O2/c1-21-9-7-13(8-10-21)11-19-18(23)17-16(20-15(22)12-24-17)14-5-3-2-4-6-14;2-1-3/h2-6,13,16-17H,7-12H2,1H3,(H,19,23)(H,20,22);1H,(H,2,3)/t16-,17+;/m1./s1. The molecule has 8 heteroatoms. The molecular formula is C19H27N3O5. The number of carboxylic acid groups (broad SMARTS) is 1. The van der Waals surface area contributed by atoms with Crippen molar-refractivity contribution in [3.05, 3.63) is 35.9 Å². The molecule has 148 valence electrons. The molecule has 3 N–H and O–H groups in total. The number of piperidine rings is 1. The average molecular weight is 377 g/mol.